The highest BCUT2D eigenvalue weighted by molar-refractivity contribution is 6.21. The van der Waals surface area contributed by atoms with Crippen LogP contribution in [-0.2, 0) is 0 Å². The third kappa shape index (κ3) is 2.37. The Morgan fingerprint density at radius 2 is 2.13 bits per heavy atom. The van der Waals surface area contributed by atoms with Crippen molar-refractivity contribution in [3.8, 4) is 0 Å². The number of piperidine rings is 1. The van der Waals surface area contributed by atoms with Gasteiger partial charge in [0.2, 0.25) is 5.95 Å². The Hall–Kier alpha value is -0.900. The van der Waals surface area contributed by atoms with Crippen LogP contribution >= 0.6 is 11.6 Å². The summed E-state index contributed by atoms with van der Waals surface area (Å²) >= 11 is 6.17. The number of hydrogen-bond donors (Lipinski definition) is 0. The third-order valence-corrected chi connectivity index (χ3v) is 3.32. The van der Waals surface area contributed by atoms with Gasteiger partial charge in [0.05, 0.1) is 17.8 Å². The highest BCUT2D eigenvalue weighted by Gasteiger charge is 2.25. The molecule has 1 aliphatic rings. The van der Waals surface area contributed by atoms with E-state index in [4.69, 9.17) is 11.6 Å². The van der Waals surface area contributed by atoms with E-state index in [1.54, 1.807) is 0 Å². The van der Waals surface area contributed by atoms with Gasteiger partial charge in [0.1, 0.15) is 0 Å². The Bertz CT molecular complexity index is 330. The van der Waals surface area contributed by atoms with Crippen molar-refractivity contribution in [3.63, 3.8) is 0 Å². The van der Waals surface area contributed by atoms with Crippen LogP contribution in [0.15, 0.2) is 12.4 Å². The van der Waals surface area contributed by atoms with Crippen LogP contribution in [0.25, 0.3) is 0 Å². The maximum Gasteiger partial charge on any atom is 0.225 e. The van der Waals surface area contributed by atoms with E-state index in [2.05, 4.69) is 16.9 Å². The lowest BCUT2D eigenvalue weighted by atomic mass is 9.99. The van der Waals surface area contributed by atoms with Gasteiger partial charge in [-0.1, -0.05) is 6.92 Å². The minimum Gasteiger partial charge on any atom is -0.339 e. The monoisotopic (exact) mass is 229 g/mol. The number of aromatic nitrogens is 2. The van der Waals surface area contributed by atoms with Gasteiger partial charge in [0.15, 0.2) is 5.82 Å². The third-order valence-electron chi connectivity index (χ3n) is 2.76. The van der Waals surface area contributed by atoms with E-state index in [0.717, 1.165) is 19.5 Å². The molecule has 1 saturated heterocycles. The minimum atomic E-state index is -0.411. The van der Waals surface area contributed by atoms with Crippen molar-refractivity contribution < 1.29 is 4.39 Å². The fraction of sp³-hybridized carbons (Fsp3) is 0.600. The Labute approximate surface area is 93.3 Å². The van der Waals surface area contributed by atoms with E-state index in [-0.39, 0.29) is 5.38 Å². The first kappa shape index (κ1) is 10.6. The number of anilines is 1. The van der Waals surface area contributed by atoms with Gasteiger partial charge in [-0.3, -0.25) is 0 Å². The first-order valence-corrected chi connectivity index (χ1v) is 5.47. The first-order valence-electron chi connectivity index (χ1n) is 5.03. The highest BCUT2D eigenvalue weighted by atomic mass is 35.5. The second-order valence-corrected chi connectivity index (χ2v) is 4.49. The van der Waals surface area contributed by atoms with Crippen LogP contribution in [-0.4, -0.2) is 28.4 Å². The summed E-state index contributed by atoms with van der Waals surface area (Å²) in [5.41, 5.74) is 0. The molecule has 1 aromatic heterocycles. The smallest absolute Gasteiger partial charge is 0.225 e. The summed E-state index contributed by atoms with van der Waals surface area (Å²) in [7, 11) is 0. The molecule has 1 aromatic rings. The molecule has 0 radical (unpaired) electrons. The predicted octanol–water partition coefficient (Wildman–Crippen LogP) is 2.07. The molecule has 0 N–H and O–H groups in total. The van der Waals surface area contributed by atoms with Crippen LogP contribution in [0.2, 0.25) is 0 Å². The zero-order valence-corrected chi connectivity index (χ0v) is 9.28. The van der Waals surface area contributed by atoms with Gasteiger partial charge in [-0.25, -0.2) is 14.4 Å². The van der Waals surface area contributed by atoms with Gasteiger partial charge < -0.3 is 4.90 Å². The second kappa shape index (κ2) is 4.31. The summed E-state index contributed by atoms with van der Waals surface area (Å²) < 4.78 is 12.6. The van der Waals surface area contributed by atoms with E-state index in [1.807, 2.05) is 4.90 Å². The molecule has 0 bridgehead atoms. The molecule has 2 unspecified atom stereocenters. The van der Waals surface area contributed by atoms with Crippen LogP contribution in [0.5, 0.6) is 0 Å². The van der Waals surface area contributed by atoms with E-state index >= 15 is 0 Å². The molecule has 5 heteroatoms. The Morgan fingerprint density at radius 1 is 1.47 bits per heavy atom. The molecule has 0 aromatic carbocycles. The zero-order valence-electron chi connectivity index (χ0n) is 8.53. The molecule has 82 valence electrons. The Kier molecular flexibility index (Phi) is 3.05. The van der Waals surface area contributed by atoms with Crippen molar-refractivity contribution in [2.45, 2.75) is 18.7 Å². The molecule has 0 spiro atoms. The number of alkyl halides is 1. The van der Waals surface area contributed by atoms with Gasteiger partial charge in [-0.2, -0.15) is 0 Å². The van der Waals surface area contributed by atoms with Crippen molar-refractivity contribution in [1.82, 2.24) is 9.97 Å². The van der Waals surface area contributed by atoms with Crippen LogP contribution in [0.1, 0.15) is 13.3 Å². The molecule has 0 aliphatic carbocycles. The van der Waals surface area contributed by atoms with Gasteiger partial charge in [0, 0.05) is 13.1 Å². The van der Waals surface area contributed by atoms with Crippen LogP contribution in [0, 0.1) is 11.7 Å². The second-order valence-electron chi connectivity index (χ2n) is 3.93. The molecule has 0 amide bonds. The average Bonchev–Trinajstić information content (AvgIpc) is 2.23. The minimum absolute atomic E-state index is 0.118. The summed E-state index contributed by atoms with van der Waals surface area (Å²) in [6, 6.07) is 0. The normalized spacial score (nSPS) is 26.7. The lowest BCUT2D eigenvalue weighted by molar-refractivity contribution is 0.441. The Morgan fingerprint density at radius 3 is 2.73 bits per heavy atom. The molecule has 3 nitrogen and oxygen atoms in total. The first-order chi connectivity index (χ1) is 7.16. The van der Waals surface area contributed by atoms with Crippen LogP contribution in [0.4, 0.5) is 10.3 Å². The molecule has 15 heavy (non-hydrogen) atoms. The summed E-state index contributed by atoms with van der Waals surface area (Å²) in [6.07, 6.45) is 3.39. The highest BCUT2D eigenvalue weighted by Crippen LogP contribution is 2.23. The van der Waals surface area contributed by atoms with Crippen molar-refractivity contribution in [2.24, 2.45) is 5.92 Å². The molecule has 2 heterocycles. The number of nitrogens with zero attached hydrogens (tertiary/aromatic N) is 3. The van der Waals surface area contributed by atoms with Crippen molar-refractivity contribution in [2.75, 3.05) is 18.0 Å². The number of halogens is 2. The number of rotatable bonds is 1. The molecule has 2 atom stereocenters. The summed E-state index contributed by atoms with van der Waals surface area (Å²) in [4.78, 5) is 9.88. The fourth-order valence-electron chi connectivity index (χ4n) is 1.67. The van der Waals surface area contributed by atoms with Gasteiger partial charge in [-0.05, 0) is 12.3 Å². The molecule has 1 aliphatic heterocycles. The van der Waals surface area contributed by atoms with E-state index < -0.39 is 5.82 Å². The summed E-state index contributed by atoms with van der Waals surface area (Å²) in [6.45, 7) is 3.75. The van der Waals surface area contributed by atoms with Crippen LogP contribution in [0.3, 0.4) is 0 Å². The van der Waals surface area contributed by atoms with Gasteiger partial charge in [0.25, 0.3) is 0 Å². The SMILES string of the molecule is CC1CCN(c2ncc(F)cn2)CC1Cl. The predicted molar refractivity (Wildman–Crippen MR) is 57.6 cm³/mol. The lowest BCUT2D eigenvalue weighted by Gasteiger charge is -2.33. The largest absolute Gasteiger partial charge is 0.339 e. The Balaban J connectivity index is 2.08. The molecular weight excluding hydrogens is 217 g/mol. The van der Waals surface area contributed by atoms with Crippen LogP contribution < -0.4 is 4.90 Å². The maximum absolute atomic E-state index is 12.6. The quantitative estimate of drug-likeness (QED) is 0.691. The van der Waals surface area contributed by atoms with E-state index in [0.29, 0.717) is 11.9 Å². The molecule has 1 fully saturated rings. The van der Waals surface area contributed by atoms with Crippen molar-refractivity contribution in [3.05, 3.63) is 18.2 Å². The average molecular weight is 230 g/mol. The zero-order chi connectivity index (χ0) is 10.8. The van der Waals surface area contributed by atoms with Gasteiger partial charge >= 0.3 is 0 Å². The fourth-order valence-corrected chi connectivity index (χ4v) is 1.97. The maximum atomic E-state index is 12.6. The van der Waals surface area contributed by atoms with Gasteiger partial charge in [-0.15, -0.1) is 11.6 Å². The van der Waals surface area contributed by atoms with Crippen molar-refractivity contribution in [1.29, 1.82) is 0 Å². The number of hydrogen-bond acceptors (Lipinski definition) is 3. The topological polar surface area (TPSA) is 29.0 Å². The molecular formula is C10H13ClFN3. The molecule has 0 saturated carbocycles. The standard InChI is InChI=1S/C10H13ClFN3/c1-7-2-3-15(6-9(7)11)10-13-4-8(12)5-14-10/h4-5,7,9H,2-3,6H2,1H3. The van der Waals surface area contributed by atoms with E-state index in [9.17, 15) is 4.39 Å². The lowest BCUT2D eigenvalue weighted by Crippen LogP contribution is -2.41. The summed E-state index contributed by atoms with van der Waals surface area (Å²) in [5.74, 6) is 0.670. The molecule has 2 rings (SSSR count). The summed E-state index contributed by atoms with van der Waals surface area (Å²) in [5, 5.41) is 0.118. The van der Waals surface area contributed by atoms with Crippen molar-refractivity contribution >= 4 is 17.5 Å². The van der Waals surface area contributed by atoms with E-state index in [1.165, 1.54) is 12.4 Å².